The molecule has 4 nitrogen and oxygen atoms in total. The van der Waals surface area contributed by atoms with Gasteiger partial charge in [0, 0.05) is 5.56 Å². The first-order valence-corrected chi connectivity index (χ1v) is 6.99. The highest BCUT2D eigenvalue weighted by molar-refractivity contribution is 5.65. The lowest BCUT2D eigenvalue weighted by atomic mass is 10.0. The van der Waals surface area contributed by atoms with Crippen LogP contribution in [0.4, 0.5) is 4.39 Å². The quantitative estimate of drug-likeness (QED) is 0.808. The molecular weight excluding hydrogens is 281 g/mol. The minimum Gasteiger partial charge on any atom is -0.390 e. The van der Waals surface area contributed by atoms with Crippen LogP contribution in [0.3, 0.4) is 0 Å². The minimum absolute atomic E-state index is 0.225. The average Bonchev–Trinajstić information content (AvgIpc) is 2.94. The Morgan fingerprint density at radius 2 is 1.91 bits per heavy atom. The zero-order chi connectivity index (χ0) is 15.7. The van der Waals surface area contributed by atoms with Gasteiger partial charge >= 0.3 is 0 Å². The molecule has 3 rings (SSSR count). The van der Waals surface area contributed by atoms with Crippen molar-refractivity contribution in [2.45, 2.75) is 20.5 Å². The fourth-order valence-corrected chi connectivity index (χ4v) is 2.39. The topological polar surface area (TPSA) is 50.9 Å². The van der Waals surface area contributed by atoms with E-state index in [0.717, 1.165) is 11.1 Å². The normalized spacial score (nSPS) is 10.9. The van der Waals surface area contributed by atoms with Gasteiger partial charge in [-0.1, -0.05) is 23.4 Å². The Kier molecular flexibility index (Phi) is 3.73. The molecule has 3 aromatic rings. The zero-order valence-corrected chi connectivity index (χ0v) is 12.4. The summed E-state index contributed by atoms with van der Waals surface area (Å²) in [5.41, 5.74) is 4.91. The number of aryl methyl sites for hydroxylation is 2. The molecule has 22 heavy (non-hydrogen) atoms. The maximum absolute atomic E-state index is 13.5. The summed E-state index contributed by atoms with van der Waals surface area (Å²) in [6.07, 6.45) is 0. The first kappa shape index (κ1) is 14.4. The van der Waals surface area contributed by atoms with Gasteiger partial charge in [0.2, 0.25) is 0 Å². The Hall–Kier alpha value is -2.53. The van der Waals surface area contributed by atoms with Crippen molar-refractivity contribution < 1.29 is 9.50 Å². The summed E-state index contributed by atoms with van der Waals surface area (Å²) in [5.74, 6) is -0.343. The number of hydrogen-bond acceptors (Lipinski definition) is 3. The third-order valence-corrected chi connectivity index (χ3v) is 3.72. The molecule has 1 aromatic heterocycles. The molecule has 0 bridgehead atoms. The maximum Gasteiger partial charge on any atom is 0.125 e. The molecule has 0 radical (unpaired) electrons. The van der Waals surface area contributed by atoms with Gasteiger partial charge < -0.3 is 5.11 Å². The lowest BCUT2D eigenvalue weighted by Gasteiger charge is -2.10. The summed E-state index contributed by atoms with van der Waals surface area (Å²) in [5, 5.41) is 17.6. The summed E-state index contributed by atoms with van der Waals surface area (Å²) in [7, 11) is 0. The molecule has 1 heterocycles. The van der Waals surface area contributed by atoms with E-state index in [4.69, 9.17) is 0 Å². The molecule has 0 aliphatic rings. The molecular formula is C17H16FN3O. The third-order valence-electron chi connectivity index (χ3n) is 3.72. The van der Waals surface area contributed by atoms with Crippen molar-refractivity contribution in [3.63, 3.8) is 0 Å². The van der Waals surface area contributed by atoms with Crippen molar-refractivity contribution in [3.05, 3.63) is 65.1 Å². The van der Waals surface area contributed by atoms with E-state index in [9.17, 15) is 9.50 Å². The van der Waals surface area contributed by atoms with Gasteiger partial charge in [-0.15, -0.1) is 5.10 Å². The number of nitrogens with zero attached hydrogens (tertiary/aromatic N) is 3. The van der Waals surface area contributed by atoms with E-state index in [1.54, 1.807) is 16.8 Å². The Bertz CT molecular complexity index is 827. The molecule has 0 unspecified atom stereocenters. The molecule has 0 aliphatic heterocycles. The highest BCUT2D eigenvalue weighted by Crippen LogP contribution is 2.27. The van der Waals surface area contributed by atoms with E-state index in [1.165, 1.54) is 17.7 Å². The molecule has 0 saturated carbocycles. The number of aromatic nitrogens is 3. The van der Waals surface area contributed by atoms with Crippen molar-refractivity contribution >= 4 is 0 Å². The Balaban J connectivity index is 2.21. The van der Waals surface area contributed by atoms with Crippen molar-refractivity contribution in [1.82, 2.24) is 15.0 Å². The highest BCUT2D eigenvalue weighted by atomic mass is 19.1. The largest absolute Gasteiger partial charge is 0.390 e. The van der Waals surface area contributed by atoms with Gasteiger partial charge in [-0.3, -0.25) is 0 Å². The fraction of sp³-hybridized carbons (Fsp3) is 0.176. The van der Waals surface area contributed by atoms with E-state index in [2.05, 4.69) is 10.3 Å². The standard InChI is InChI=1S/C17H16FN3O/c1-11-6-7-13(8-12(11)2)17-16(10-22)19-20-21(17)15-5-3-4-14(18)9-15/h3-9,22H,10H2,1-2H3. The minimum atomic E-state index is -0.343. The van der Waals surface area contributed by atoms with Gasteiger partial charge in [-0.25, -0.2) is 9.07 Å². The van der Waals surface area contributed by atoms with Crippen LogP contribution in [-0.2, 0) is 6.61 Å². The van der Waals surface area contributed by atoms with Gasteiger partial charge in [-0.05, 0) is 49.2 Å². The van der Waals surface area contributed by atoms with Crippen LogP contribution in [-0.4, -0.2) is 20.1 Å². The Morgan fingerprint density at radius 1 is 1.09 bits per heavy atom. The van der Waals surface area contributed by atoms with Crippen LogP contribution in [0.25, 0.3) is 16.9 Å². The van der Waals surface area contributed by atoms with Gasteiger partial charge in [-0.2, -0.15) is 0 Å². The number of benzene rings is 2. The SMILES string of the molecule is Cc1ccc(-c2c(CO)nnn2-c2cccc(F)c2)cc1C. The van der Waals surface area contributed by atoms with Gasteiger partial charge in [0.1, 0.15) is 17.2 Å². The second-order valence-corrected chi connectivity index (χ2v) is 5.23. The van der Waals surface area contributed by atoms with Crippen LogP contribution in [0, 0.1) is 19.7 Å². The lowest BCUT2D eigenvalue weighted by molar-refractivity contribution is 0.277. The predicted molar refractivity (Wildman–Crippen MR) is 82.1 cm³/mol. The summed E-state index contributed by atoms with van der Waals surface area (Å²) < 4.78 is 15.0. The highest BCUT2D eigenvalue weighted by Gasteiger charge is 2.16. The number of halogens is 1. The van der Waals surface area contributed by atoms with E-state index in [0.29, 0.717) is 17.1 Å². The molecule has 5 heteroatoms. The van der Waals surface area contributed by atoms with Crippen molar-refractivity contribution in [2.75, 3.05) is 0 Å². The molecule has 0 amide bonds. The van der Waals surface area contributed by atoms with Crippen LogP contribution >= 0.6 is 0 Å². The van der Waals surface area contributed by atoms with E-state index < -0.39 is 0 Å². The summed E-state index contributed by atoms with van der Waals surface area (Å²) in [4.78, 5) is 0. The van der Waals surface area contributed by atoms with Crippen LogP contribution < -0.4 is 0 Å². The zero-order valence-electron chi connectivity index (χ0n) is 12.4. The van der Waals surface area contributed by atoms with Crippen molar-refractivity contribution in [1.29, 1.82) is 0 Å². The molecule has 0 saturated heterocycles. The number of aliphatic hydroxyl groups excluding tert-OH is 1. The third kappa shape index (κ3) is 2.51. The van der Waals surface area contributed by atoms with E-state index >= 15 is 0 Å². The lowest BCUT2D eigenvalue weighted by Crippen LogP contribution is -2.01. The van der Waals surface area contributed by atoms with Crippen LogP contribution in [0.2, 0.25) is 0 Å². The fourth-order valence-electron chi connectivity index (χ4n) is 2.39. The molecule has 0 spiro atoms. The molecule has 0 atom stereocenters. The maximum atomic E-state index is 13.5. The monoisotopic (exact) mass is 297 g/mol. The number of rotatable bonds is 3. The van der Waals surface area contributed by atoms with Crippen LogP contribution in [0.15, 0.2) is 42.5 Å². The van der Waals surface area contributed by atoms with Crippen molar-refractivity contribution in [3.8, 4) is 16.9 Å². The average molecular weight is 297 g/mol. The van der Waals surface area contributed by atoms with Crippen LogP contribution in [0.5, 0.6) is 0 Å². The predicted octanol–water partition coefficient (Wildman–Crippen LogP) is 3.18. The van der Waals surface area contributed by atoms with Gasteiger partial charge in [0.25, 0.3) is 0 Å². The number of hydrogen-bond donors (Lipinski definition) is 1. The molecule has 0 fully saturated rings. The summed E-state index contributed by atoms with van der Waals surface area (Å²) >= 11 is 0. The van der Waals surface area contributed by atoms with Gasteiger partial charge in [0.15, 0.2) is 0 Å². The van der Waals surface area contributed by atoms with Gasteiger partial charge in [0.05, 0.1) is 12.3 Å². The second-order valence-electron chi connectivity index (χ2n) is 5.23. The summed E-state index contributed by atoms with van der Waals surface area (Å²) in [6.45, 7) is 3.83. The molecule has 1 N–H and O–H groups in total. The Labute approximate surface area is 127 Å². The first-order chi connectivity index (χ1) is 10.6. The molecule has 112 valence electrons. The van der Waals surface area contributed by atoms with E-state index in [-0.39, 0.29) is 12.4 Å². The Morgan fingerprint density at radius 3 is 2.59 bits per heavy atom. The molecule has 2 aromatic carbocycles. The second kappa shape index (κ2) is 5.69. The summed E-state index contributed by atoms with van der Waals surface area (Å²) in [6, 6.07) is 12.1. The van der Waals surface area contributed by atoms with Crippen molar-refractivity contribution in [2.24, 2.45) is 0 Å². The van der Waals surface area contributed by atoms with Crippen LogP contribution in [0.1, 0.15) is 16.8 Å². The number of aliphatic hydroxyl groups is 1. The van der Waals surface area contributed by atoms with E-state index in [1.807, 2.05) is 32.0 Å². The smallest absolute Gasteiger partial charge is 0.125 e. The first-order valence-electron chi connectivity index (χ1n) is 6.99. The molecule has 0 aliphatic carbocycles.